The van der Waals surface area contributed by atoms with Crippen molar-refractivity contribution in [2.24, 2.45) is 0 Å². The summed E-state index contributed by atoms with van der Waals surface area (Å²) in [5, 5.41) is 0. The maximum atomic E-state index is 11.6. The van der Waals surface area contributed by atoms with Crippen LogP contribution in [-0.2, 0) is 10.0 Å². The number of nitrogens with zero attached hydrogens (tertiary/aromatic N) is 1. The first-order chi connectivity index (χ1) is 10.4. The molecule has 5 nitrogen and oxygen atoms in total. The van der Waals surface area contributed by atoms with Crippen LogP contribution in [0.3, 0.4) is 0 Å². The fraction of sp³-hybridized carbons (Fsp3) is 0.625. The molecule has 0 aromatic heterocycles. The van der Waals surface area contributed by atoms with Crippen LogP contribution < -0.4 is 9.46 Å². The van der Waals surface area contributed by atoms with Crippen molar-refractivity contribution in [2.75, 3.05) is 25.4 Å². The summed E-state index contributed by atoms with van der Waals surface area (Å²) < 4.78 is 31.8. The van der Waals surface area contributed by atoms with Crippen molar-refractivity contribution in [3.8, 4) is 5.75 Å². The highest BCUT2D eigenvalue weighted by Crippen LogP contribution is 2.20. The number of rotatable bonds is 8. The van der Waals surface area contributed by atoms with Crippen molar-refractivity contribution in [1.82, 2.24) is 9.62 Å². The normalized spacial score (nSPS) is 18.0. The Morgan fingerprint density at radius 2 is 1.95 bits per heavy atom. The van der Waals surface area contributed by atoms with Gasteiger partial charge in [-0.15, -0.1) is 0 Å². The minimum Gasteiger partial charge on any atom is -0.488 e. The molecule has 1 heterocycles. The highest BCUT2D eigenvalue weighted by atomic mass is 32.2. The van der Waals surface area contributed by atoms with E-state index in [0.717, 1.165) is 18.8 Å². The average Bonchev–Trinajstić information content (AvgIpc) is 2.42. The van der Waals surface area contributed by atoms with Gasteiger partial charge in [-0.1, -0.05) is 24.6 Å². The van der Waals surface area contributed by atoms with Gasteiger partial charge in [-0.2, -0.15) is 0 Å². The zero-order valence-electron chi connectivity index (χ0n) is 13.6. The molecule has 0 spiro atoms. The van der Waals surface area contributed by atoms with Gasteiger partial charge < -0.3 is 4.74 Å². The summed E-state index contributed by atoms with van der Waals surface area (Å²) in [6.07, 6.45) is 0.831. The molecule has 2 rings (SSSR count). The van der Waals surface area contributed by atoms with E-state index in [9.17, 15) is 8.42 Å². The lowest BCUT2D eigenvalue weighted by molar-refractivity contribution is -0.00298. The fourth-order valence-electron chi connectivity index (χ4n) is 2.43. The number of benzene rings is 1. The van der Waals surface area contributed by atoms with Crippen LogP contribution >= 0.6 is 0 Å². The number of aryl methyl sites for hydroxylation is 1. The molecule has 1 atom stereocenters. The molecule has 1 saturated heterocycles. The predicted octanol–water partition coefficient (Wildman–Crippen LogP) is 1.78. The second kappa shape index (κ2) is 7.44. The third kappa shape index (κ3) is 4.97. The van der Waals surface area contributed by atoms with Crippen molar-refractivity contribution in [2.45, 2.75) is 39.3 Å². The van der Waals surface area contributed by atoms with Crippen LogP contribution in [-0.4, -0.2) is 50.9 Å². The third-order valence-corrected chi connectivity index (χ3v) is 5.45. The number of nitrogens with one attached hydrogen (secondary N) is 1. The van der Waals surface area contributed by atoms with Crippen LogP contribution in [0.5, 0.6) is 5.75 Å². The maximum Gasteiger partial charge on any atom is 0.211 e. The highest BCUT2D eigenvalue weighted by Gasteiger charge is 2.32. The van der Waals surface area contributed by atoms with Gasteiger partial charge in [0.2, 0.25) is 10.0 Å². The Hall–Kier alpha value is -1.11. The molecule has 124 valence electrons. The first kappa shape index (κ1) is 17.2. The first-order valence-corrected chi connectivity index (χ1v) is 9.49. The van der Waals surface area contributed by atoms with Crippen LogP contribution in [0, 0.1) is 6.92 Å². The molecule has 1 aromatic rings. The van der Waals surface area contributed by atoms with Gasteiger partial charge in [0.25, 0.3) is 0 Å². The molecule has 1 aliphatic rings. The standard InChI is InChI=1S/C16H26N2O3S/c1-4-9-22(19,20)17-10-14(3)18-11-16(12-18)21-15-7-5-13(2)6-8-15/h5-8,14,16-17H,4,9-12H2,1-3H3. The average molecular weight is 326 g/mol. The predicted molar refractivity (Wildman–Crippen MR) is 88.7 cm³/mol. The van der Waals surface area contributed by atoms with E-state index in [2.05, 4.69) is 16.5 Å². The van der Waals surface area contributed by atoms with Gasteiger partial charge in [-0.05, 0) is 32.4 Å². The molecule has 1 aromatic carbocycles. The molecule has 1 fully saturated rings. The van der Waals surface area contributed by atoms with Gasteiger partial charge >= 0.3 is 0 Å². The van der Waals surface area contributed by atoms with E-state index in [0.29, 0.717) is 13.0 Å². The Balaban J connectivity index is 1.70. The SMILES string of the molecule is CCCS(=O)(=O)NCC(C)N1CC(Oc2ccc(C)cc2)C1. The van der Waals surface area contributed by atoms with E-state index in [4.69, 9.17) is 4.74 Å². The van der Waals surface area contributed by atoms with Crippen molar-refractivity contribution >= 4 is 10.0 Å². The summed E-state index contributed by atoms with van der Waals surface area (Å²) in [5.74, 6) is 1.09. The summed E-state index contributed by atoms with van der Waals surface area (Å²) in [5.41, 5.74) is 1.22. The molecular formula is C16H26N2O3S. The van der Waals surface area contributed by atoms with E-state index in [1.54, 1.807) is 0 Å². The molecule has 22 heavy (non-hydrogen) atoms. The van der Waals surface area contributed by atoms with Gasteiger partial charge in [0, 0.05) is 25.7 Å². The van der Waals surface area contributed by atoms with Crippen molar-refractivity contribution in [3.05, 3.63) is 29.8 Å². The number of sulfonamides is 1. The molecule has 0 bridgehead atoms. The molecule has 1 N–H and O–H groups in total. The van der Waals surface area contributed by atoms with E-state index in [1.807, 2.05) is 38.1 Å². The fourth-order valence-corrected chi connectivity index (χ4v) is 3.61. The molecule has 1 aliphatic heterocycles. The van der Waals surface area contributed by atoms with Crippen LogP contribution in [0.4, 0.5) is 0 Å². The third-order valence-electron chi connectivity index (χ3n) is 3.89. The summed E-state index contributed by atoms with van der Waals surface area (Å²) in [6, 6.07) is 8.23. The molecular weight excluding hydrogens is 300 g/mol. The lowest BCUT2D eigenvalue weighted by Gasteiger charge is -2.42. The van der Waals surface area contributed by atoms with E-state index in [-0.39, 0.29) is 17.9 Å². The topological polar surface area (TPSA) is 58.6 Å². The van der Waals surface area contributed by atoms with Gasteiger partial charge in [0.1, 0.15) is 11.9 Å². The molecule has 6 heteroatoms. The molecule has 0 amide bonds. The Morgan fingerprint density at radius 1 is 1.32 bits per heavy atom. The summed E-state index contributed by atoms with van der Waals surface area (Å²) in [7, 11) is -3.12. The molecule has 0 saturated carbocycles. The Kier molecular flexibility index (Phi) is 5.83. The van der Waals surface area contributed by atoms with Gasteiger partial charge in [-0.3, -0.25) is 4.90 Å². The zero-order valence-corrected chi connectivity index (χ0v) is 14.4. The maximum absolute atomic E-state index is 11.6. The first-order valence-electron chi connectivity index (χ1n) is 7.84. The number of ether oxygens (including phenoxy) is 1. The van der Waals surface area contributed by atoms with E-state index < -0.39 is 10.0 Å². The van der Waals surface area contributed by atoms with Crippen molar-refractivity contribution in [3.63, 3.8) is 0 Å². The van der Waals surface area contributed by atoms with Gasteiger partial charge in [0.15, 0.2) is 0 Å². The zero-order chi connectivity index (χ0) is 16.2. The second-order valence-electron chi connectivity index (χ2n) is 6.02. The van der Waals surface area contributed by atoms with Crippen molar-refractivity contribution in [1.29, 1.82) is 0 Å². The lowest BCUT2D eigenvalue weighted by Crippen LogP contribution is -2.59. The minimum absolute atomic E-state index is 0.185. The quantitative estimate of drug-likeness (QED) is 0.791. The van der Waals surface area contributed by atoms with E-state index in [1.165, 1.54) is 5.56 Å². The van der Waals surface area contributed by atoms with Gasteiger partial charge in [-0.25, -0.2) is 13.1 Å². The molecule has 1 unspecified atom stereocenters. The monoisotopic (exact) mass is 326 g/mol. The van der Waals surface area contributed by atoms with Crippen LogP contribution in [0.15, 0.2) is 24.3 Å². The minimum atomic E-state index is -3.12. The Bertz CT molecular complexity index is 566. The Morgan fingerprint density at radius 3 is 2.55 bits per heavy atom. The number of hydrogen-bond acceptors (Lipinski definition) is 4. The second-order valence-corrected chi connectivity index (χ2v) is 7.95. The van der Waals surface area contributed by atoms with Crippen molar-refractivity contribution < 1.29 is 13.2 Å². The summed E-state index contributed by atoms with van der Waals surface area (Å²) >= 11 is 0. The van der Waals surface area contributed by atoms with Crippen LogP contribution in [0.25, 0.3) is 0 Å². The van der Waals surface area contributed by atoms with Gasteiger partial charge in [0.05, 0.1) is 5.75 Å². The van der Waals surface area contributed by atoms with E-state index >= 15 is 0 Å². The number of hydrogen-bond donors (Lipinski definition) is 1. The summed E-state index contributed by atoms with van der Waals surface area (Å²) in [4.78, 5) is 2.23. The number of likely N-dealkylation sites (tertiary alicyclic amines) is 1. The lowest BCUT2D eigenvalue weighted by atomic mass is 10.1. The highest BCUT2D eigenvalue weighted by molar-refractivity contribution is 7.89. The van der Waals surface area contributed by atoms with Crippen LogP contribution in [0.1, 0.15) is 25.8 Å². The Labute approximate surface area is 133 Å². The molecule has 0 aliphatic carbocycles. The largest absolute Gasteiger partial charge is 0.488 e. The summed E-state index contributed by atoms with van der Waals surface area (Å²) in [6.45, 7) is 8.09. The van der Waals surface area contributed by atoms with Crippen LogP contribution in [0.2, 0.25) is 0 Å². The molecule has 0 radical (unpaired) electrons. The smallest absolute Gasteiger partial charge is 0.211 e.